The smallest absolute Gasteiger partial charge is 0.140 e. The number of fused-ring (bicyclic) bond motifs is 2. The van der Waals surface area contributed by atoms with Crippen LogP contribution in [0.4, 0.5) is 0 Å². The molecule has 2 aromatic carbocycles. The summed E-state index contributed by atoms with van der Waals surface area (Å²) in [6.45, 7) is 1.53. The fourth-order valence-corrected chi connectivity index (χ4v) is 4.11. The van der Waals surface area contributed by atoms with Crippen LogP contribution in [0.5, 0.6) is 17.2 Å². The van der Waals surface area contributed by atoms with Crippen molar-refractivity contribution in [2.45, 2.75) is 12.8 Å². The van der Waals surface area contributed by atoms with Gasteiger partial charge in [-0.25, -0.2) is 0 Å². The Labute approximate surface area is 175 Å². The second kappa shape index (κ2) is 7.93. The summed E-state index contributed by atoms with van der Waals surface area (Å²) in [6, 6.07) is 6.94. The van der Waals surface area contributed by atoms with Gasteiger partial charge in [-0.2, -0.15) is 0 Å². The molecule has 4 aromatic rings. The van der Waals surface area contributed by atoms with Crippen molar-refractivity contribution in [2.75, 3.05) is 34.2 Å². The summed E-state index contributed by atoms with van der Waals surface area (Å²) in [7, 11) is 5.88. The van der Waals surface area contributed by atoms with E-state index in [1.807, 2.05) is 33.4 Å². The van der Waals surface area contributed by atoms with E-state index in [2.05, 4.69) is 20.2 Å². The predicted octanol–water partition coefficient (Wildman–Crippen LogP) is 3.30. The molecule has 30 heavy (non-hydrogen) atoms. The maximum atomic E-state index is 11.2. The Bertz CT molecular complexity index is 1210. The van der Waals surface area contributed by atoms with E-state index in [4.69, 9.17) is 0 Å². The van der Waals surface area contributed by atoms with E-state index in [0.717, 1.165) is 35.1 Å². The molecular formula is C23H28N4O3. The minimum atomic E-state index is 0.0787. The monoisotopic (exact) mass is 408 g/mol. The van der Waals surface area contributed by atoms with Crippen molar-refractivity contribution in [1.82, 2.24) is 20.2 Å². The summed E-state index contributed by atoms with van der Waals surface area (Å²) in [4.78, 5) is 8.52. The quantitative estimate of drug-likeness (QED) is 0.263. The molecule has 0 fully saturated rings. The zero-order valence-corrected chi connectivity index (χ0v) is 17.5. The lowest BCUT2D eigenvalue weighted by atomic mass is 9.98. The molecule has 158 valence electrons. The molecule has 0 aliphatic rings. The van der Waals surface area contributed by atoms with Gasteiger partial charge in [0.25, 0.3) is 0 Å². The van der Waals surface area contributed by atoms with Crippen molar-refractivity contribution < 1.29 is 15.3 Å². The van der Waals surface area contributed by atoms with Crippen LogP contribution in [0.15, 0.2) is 30.5 Å². The third-order valence-corrected chi connectivity index (χ3v) is 5.62. The first kappa shape index (κ1) is 20.1. The second-order valence-corrected chi connectivity index (χ2v) is 7.94. The Balaban J connectivity index is 1.96. The van der Waals surface area contributed by atoms with Crippen LogP contribution in [0.25, 0.3) is 33.1 Å². The van der Waals surface area contributed by atoms with Crippen LogP contribution in [0.3, 0.4) is 0 Å². The fourth-order valence-electron chi connectivity index (χ4n) is 4.11. The van der Waals surface area contributed by atoms with E-state index in [9.17, 15) is 15.3 Å². The number of aromatic amines is 2. The second-order valence-electron chi connectivity index (χ2n) is 7.94. The Morgan fingerprint density at radius 2 is 1.83 bits per heavy atom. The van der Waals surface area contributed by atoms with E-state index in [1.54, 1.807) is 18.2 Å². The third-order valence-electron chi connectivity index (χ3n) is 5.62. The van der Waals surface area contributed by atoms with Crippen molar-refractivity contribution in [3.05, 3.63) is 41.6 Å². The van der Waals surface area contributed by atoms with E-state index < -0.39 is 0 Å². The average Bonchev–Trinajstić information content (AvgIpc) is 3.30. The van der Waals surface area contributed by atoms with Gasteiger partial charge in [-0.3, -0.25) is 0 Å². The summed E-state index contributed by atoms with van der Waals surface area (Å²) in [5, 5.41) is 36.9. The van der Waals surface area contributed by atoms with Crippen LogP contribution in [-0.2, 0) is 12.8 Å². The summed E-state index contributed by atoms with van der Waals surface area (Å²) < 4.78 is 0. The van der Waals surface area contributed by atoms with Gasteiger partial charge in [0.1, 0.15) is 17.2 Å². The number of nitrogens with one attached hydrogen (secondary N) is 3. The van der Waals surface area contributed by atoms with Gasteiger partial charge in [0.05, 0.1) is 11.2 Å². The van der Waals surface area contributed by atoms with E-state index in [0.29, 0.717) is 35.0 Å². The molecule has 0 radical (unpaired) electrons. The first-order chi connectivity index (χ1) is 14.4. The summed E-state index contributed by atoms with van der Waals surface area (Å²) in [5.41, 5.74) is 4.40. The minimum Gasteiger partial charge on any atom is -0.507 e. The highest BCUT2D eigenvalue weighted by molar-refractivity contribution is 6.02. The van der Waals surface area contributed by atoms with Crippen LogP contribution in [-0.4, -0.2) is 64.4 Å². The topological polar surface area (TPSA) is 108 Å². The van der Waals surface area contributed by atoms with Crippen LogP contribution in [0.1, 0.15) is 11.1 Å². The zero-order chi connectivity index (χ0) is 21.4. The number of benzene rings is 2. The number of aromatic nitrogens is 2. The number of phenolic OH excluding ortho intramolecular Hbond substituents is 3. The lowest BCUT2D eigenvalue weighted by molar-refractivity contribution is 0.414. The molecule has 6 N–H and O–H groups in total. The largest absolute Gasteiger partial charge is 0.507 e. The summed E-state index contributed by atoms with van der Waals surface area (Å²) >= 11 is 0. The van der Waals surface area contributed by atoms with Gasteiger partial charge in [-0.05, 0) is 69.9 Å². The molecule has 0 amide bonds. The van der Waals surface area contributed by atoms with Gasteiger partial charge in [-0.15, -0.1) is 0 Å². The van der Waals surface area contributed by atoms with Crippen LogP contribution in [0.2, 0.25) is 0 Å². The zero-order valence-electron chi connectivity index (χ0n) is 17.5. The van der Waals surface area contributed by atoms with E-state index in [1.165, 1.54) is 0 Å². The number of aromatic hydroxyl groups is 3. The Morgan fingerprint density at radius 3 is 2.57 bits per heavy atom. The van der Waals surface area contributed by atoms with Crippen molar-refractivity contribution in [3.63, 3.8) is 0 Å². The molecular weight excluding hydrogens is 380 g/mol. The number of likely N-dealkylation sites (N-methyl/N-ethyl adjacent to an activating group) is 2. The maximum Gasteiger partial charge on any atom is 0.140 e. The van der Waals surface area contributed by atoms with Crippen LogP contribution >= 0.6 is 0 Å². The molecule has 0 aliphatic heterocycles. The van der Waals surface area contributed by atoms with Crippen molar-refractivity contribution in [1.29, 1.82) is 0 Å². The fraction of sp³-hybridized carbons (Fsp3) is 0.304. The summed E-state index contributed by atoms with van der Waals surface area (Å²) in [6.07, 6.45) is 3.22. The van der Waals surface area contributed by atoms with Crippen LogP contribution in [0, 0.1) is 0 Å². The van der Waals surface area contributed by atoms with Crippen LogP contribution < -0.4 is 5.32 Å². The molecule has 4 rings (SSSR count). The highest BCUT2D eigenvalue weighted by Crippen LogP contribution is 2.45. The molecule has 0 saturated carbocycles. The summed E-state index contributed by atoms with van der Waals surface area (Å²) in [5.74, 6) is 0.396. The van der Waals surface area contributed by atoms with Gasteiger partial charge in [0.2, 0.25) is 0 Å². The van der Waals surface area contributed by atoms with Crippen molar-refractivity contribution >= 4 is 21.8 Å². The standard InChI is InChI=1S/C23H28N4O3/c1-24-9-7-13-12-25-22-18(29)11-15(23(30)19(13)22)21-14(8-10-27(2)3)20-16(26-21)5-4-6-17(20)28/h4-6,11-12,24-26,28-30H,7-10H2,1-3H3. The molecule has 0 atom stereocenters. The number of rotatable bonds is 7. The highest BCUT2D eigenvalue weighted by atomic mass is 16.3. The Kier molecular flexibility index (Phi) is 5.32. The molecule has 0 bridgehead atoms. The SMILES string of the molecule is CNCCc1c[nH]c2c(O)cc(-c3[nH]c4cccc(O)c4c3CCN(C)C)c(O)c12. The third kappa shape index (κ3) is 3.36. The van der Waals surface area contributed by atoms with Gasteiger partial charge in [-0.1, -0.05) is 6.07 Å². The van der Waals surface area contributed by atoms with E-state index in [-0.39, 0.29) is 17.2 Å². The lowest BCUT2D eigenvalue weighted by Crippen LogP contribution is -2.15. The first-order valence-electron chi connectivity index (χ1n) is 10.1. The number of hydrogen-bond donors (Lipinski definition) is 6. The van der Waals surface area contributed by atoms with Gasteiger partial charge < -0.3 is 35.5 Å². The van der Waals surface area contributed by atoms with Gasteiger partial charge >= 0.3 is 0 Å². The average molecular weight is 409 g/mol. The molecule has 7 nitrogen and oxygen atoms in total. The number of phenols is 3. The lowest BCUT2D eigenvalue weighted by Gasteiger charge is -2.13. The maximum absolute atomic E-state index is 11.2. The number of H-pyrrole nitrogens is 2. The first-order valence-corrected chi connectivity index (χ1v) is 10.1. The number of nitrogens with zero attached hydrogens (tertiary/aromatic N) is 1. The molecule has 2 aromatic heterocycles. The Hall–Kier alpha value is -3.16. The van der Waals surface area contributed by atoms with Crippen molar-refractivity contribution in [2.24, 2.45) is 0 Å². The molecule has 0 spiro atoms. The van der Waals surface area contributed by atoms with E-state index >= 15 is 0 Å². The molecule has 0 aliphatic carbocycles. The van der Waals surface area contributed by atoms with Crippen molar-refractivity contribution in [3.8, 4) is 28.5 Å². The Morgan fingerprint density at radius 1 is 1.03 bits per heavy atom. The predicted molar refractivity (Wildman–Crippen MR) is 120 cm³/mol. The molecule has 7 heteroatoms. The molecule has 0 unspecified atom stereocenters. The minimum absolute atomic E-state index is 0.0787. The highest BCUT2D eigenvalue weighted by Gasteiger charge is 2.22. The molecule has 0 saturated heterocycles. The van der Waals surface area contributed by atoms with Gasteiger partial charge in [0, 0.05) is 34.6 Å². The number of hydrogen-bond acceptors (Lipinski definition) is 5. The van der Waals surface area contributed by atoms with Gasteiger partial charge in [0.15, 0.2) is 0 Å². The molecule has 2 heterocycles. The normalized spacial score (nSPS) is 11.9.